The van der Waals surface area contributed by atoms with E-state index in [4.69, 9.17) is 9.47 Å². The van der Waals surface area contributed by atoms with Crippen LogP contribution in [0.3, 0.4) is 0 Å². The van der Waals surface area contributed by atoms with E-state index in [-0.39, 0.29) is 23.6 Å². The van der Waals surface area contributed by atoms with Crippen molar-refractivity contribution in [3.05, 3.63) is 74.8 Å². The predicted molar refractivity (Wildman–Crippen MR) is 85.4 cm³/mol. The lowest BCUT2D eigenvalue weighted by atomic mass is 10.3. The zero-order chi connectivity index (χ0) is 17.1. The number of rotatable bonds is 5. The number of aromatic nitrogens is 2. The summed E-state index contributed by atoms with van der Waals surface area (Å²) >= 11 is 0. The van der Waals surface area contributed by atoms with Crippen LogP contribution >= 0.6 is 0 Å². The molecule has 0 bridgehead atoms. The molecule has 0 radical (unpaired) electrons. The number of benzene rings is 1. The molecule has 0 aliphatic carbocycles. The Morgan fingerprint density at radius 3 is 2.79 bits per heavy atom. The molecule has 0 aliphatic heterocycles. The molecule has 0 amide bonds. The number of methoxy groups -OCH3 is 1. The molecule has 0 fully saturated rings. The van der Waals surface area contributed by atoms with Crippen LogP contribution in [0, 0.1) is 10.1 Å². The number of non-ortho nitro benzene ring substituents is 1. The van der Waals surface area contributed by atoms with E-state index >= 15 is 0 Å². The number of hydrogen-bond donors (Lipinski definition) is 0. The summed E-state index contributed by atoms with van der Waals surface area (Å²) in [6, 6.07) is 10.6. The molecule has 2 aromatic heterocycles. The number of ether oxygens (including phenoxy) is 2. The van der Waals surface area contributed by atoms with Gasteiger partial charge in [0, 0.05) is 18.3 Å². The van der Waals surface area contributed by atoms with Gasteiger partial charge < -0.3 is 9.47 Å². The molecule has 0 atom stereocenters. The lowest BCUT2D eigenvalue weighted by Gasteiger charge is -2.10. The van der Waals surface area contributed by atoms with Crippen LogP contribution < -0.4 is 15.0 Å². The maximum absolute atomic E-state index is 12.0. The van der Waals surface area contributed by atoms with E-state index in [1.54, 1.807) is 24.4 Å². The molecule has 0 saturated carbocycles. The summed E-state index contributed by atoms with van der Waals surface area (Å²) in [5.41, 5.74) is 0.567. The minimum atomic E-state index is -0.521. The predicted octanol–water partition coefficient (Wildman–Crippen LogP) is 2.19. The van der Waals surface area contributed by atoms with E-state index in [0.717, 1.165) is 0 Å². The molecule has 0 saturated heterocycles. The summed E-state index contributed by atoms with van der Waals surface area (Å²) in [6.07, 6.45) is 1.62. The second kappa shape index (κ2) is 6.37. The summed E-state index contributed by atoms with van der Waals surface area (Å²) in [7, 11) is 1.44. The van der Waals surface area contributed by atoms with Gasteiger partial charge in [0.05, 0.1) is 23.8 Å². The number of fused-ring (bicyclic) bond motifs is 1. The van der Waals surface area contributed by atoms with Crippen molar-refractivity contribution in [1.29, 1.82) is 0 Å². The van der Waals surface area contributed by atoms with Crippen LogP contribution in [0.4, 0.5) is 5.69 Å². The summed E-state index contributed by atoms with van der Waals surface area (Å²) in [4.78, 5) is 26.7. The SMILES string of the molecule is COc1ccc([N+](=O)[O-])cc1OCc1cc(=O)n2ccccc2n1. The fourth-order valence-electron chi connectivity index (χ4n) is 2.22. The van der Waals surface area contributed by atoms with Crippen molar-refractivity contribution >= 4 is 11.3 Å². The first-order valence-electron chi connectivity index (χ1n) is 7.01. The number of hydrogen-bond acceptors (Lipinski definition) is 6. The zero-order valence-corrected chi connectivity index (χ0v) is 12.7. The summed E-state index contributed by atoms with van der Waals surface area (Å²) < 4.78 is 12.1. The van der Waals surface area contributed by atoms with E-state index < -0.39 is 4.92 Å². The molecular formula is C16H13N3O5. The van der Waals surface area contributed by atoms with Gasteiger partial charge in [0.15, 0.2) is 11.5 Å². The molecule has 0 unspecified atom stereocenters. The van der Waals surface area contributed by atoms with Gasteiger partial charge in [-0.3, -0.25) is 19.3 Å². The molecule has 3 aromatic rings. The van der Waals surface area contributed by atoms with Gasteiger partial charge in [-0.15, -0.1) is 0 Å². The van der Waals surface area contributed by atoms with Gasteiger partial charge >= 0.3 is 0 Å². The Labute approximate surface area is 136 Å². The third kappa shape index (κ3) is 3.02. The molecular weight excluding hydrogens is 314 g/mol. The molecule has 24 heavy (non-hydrogen) atoms. The zero-order valence-electron chi connectivity index (χ0n) is 12.7. The quantitative estimate of drug-likeness (QED) is 0.526. The molecule has 2 heterocycles. The van der Waals surface area contributed by atoms with Crippen molar-refractivity contribution < 1.29 is 14.4 Å². The van der Waals surface area contributed by atoms with Crippen molar-refractivity contribution in [2.45, 2.75) is 6.61 Å². The third-order valence-electron chi connectivity index (χ3n) is 3.36. The largest absolute Gasteiger partial charge is 0.493 e. The van der Waals surface area contributed by atoms with Crippen LogP contribution in [0.1, 0.15) is 5.69 Å². The Hall–Kier alpha value is -3.42. The molecule has 0 spiro atoms. The highest BCUT2D eigenvalue weighted by atomic mass is 16.6. The smallest absolute Gasteiger partial charge is 0.273 e. The first kappa shape index (κ1) is 15.5. The maximum Gasteiger partial charge on any atom is 0.273 e. The molecule has 3 rings (SSSR count). The Balaban J connectivity index is 1.89. The van der Waals surface area contributed by atoms with Crippen LogP contribution in [0.2, 0.25) is 0 Å². The van der Waals surface area contributed by atoms with Gasteiger partial charge in [0.25, 0.3) is 11.2 Å². The normalized spacial score (nSPS) is 10.5. The fourth-order valence-corrected chi connectivity index (χ4v) is 2.22. The first-order chi connectivity index (χ1) is 11.6. The number of nitrogens with zero attached hydrogens (tertiary/aromatic N) is 3. The Kier molecular flexibility index (Phi) is 4.11. The second-order valence-electron chi connectivity index (χ2n) is 4.90. The standard InChI is InChI=1S/C16H13N3O5/c1-23-13-6-5-12(19(21)22)9-14(13)24-10-11-8-16(20)18-7-3-2-4-15(18)17-11/h2-9H,10H2,1H3. The average Bonchev–Trinajstić information content (AvgIpc) is 2.59. The highest BCUT2D eigenvalue weighted by Crippen LogP contribution is 2.31. The fraction of sp³-hybridized carbons (Fsp3) is 0.125. The van der Waals surface area contributed by atoms with Gasteiger partial charge in [0.1, 0.15) is 12.3 Å². The first-order valence-corrected chi connectivity index (χ1v) is 7.01. The average molecular weight is 327 g/mol. The van der Waals surface area contributed by atoms with Gasteiger partial charge in [-0.2, -0.15) is 0 Å². The summed E-state index contributed by atoms with van der Waals surface area (Å²) in [6.45, 7) is -0.0157. The van der Waals surface area contributed by atoms with E-state index in [1.807, 2.05) is 0 Å². The second-order valence-corrected chi connectivity index (χ2v) is 4.90. The van der Waals surface area contributed by atoms with Crippen molar-refractivity contribution in [3.8, 4) is 11.5 Å². The van der Waals surface area contributed by atoms with Crippen molar-refractivity contribution in [1.82, 2.24) is 9.38 Å². The topological polar surface area (TPSA) is 96.0 Å². The Bertz CT molecular complexity index is 967. The summed E-state index contributed by atoms with van der Waals surface area (Å²) in [5, 5.41) is 10.9. The molecule has 0 aliphatic rings. The lowest BCUT2D eigenvalue weighted by Crippen LogP contribution is -2.16. The van der Waals surface area contributed by atoms with Crippen LogP contribution in [-0.2, 0) is 6.61 Å². The molecule has 122 valence electrons. The van der Waals surface area contributed by atoms with Crippen LogP contribution in [0.15, 0.2) is 53.5 Å². The van der Waals surface area contributed by atoms with Gasteiger partial charge in [-0.1, -0.05) is 6.07 Å². The van der Waals surface area contributed by atoms with Gasteiger partial charge in [-0.25, -0.2) is 4.98 Å². The molecule has 8 heteroatoms. The minimum Gasteiger partial charge on any atom is -0.493 e. The number of pyridine rings is 1. The van der Waals surface area contributed by atoms with Crippen LogP contribution in [-0.4, -0.2) is 21.4 Å². The highest BCUT2D eigenvalue weighted by Gasteiger charge is 2.13. The molecule has 1 aromatic carbocycles. The monoisotopic (exact) mass is 327 g/mol. The lowest BCUT2D eigenvalue weighted by molar-refractivity contribution is -0.385. The molecule has 8 nitrogen and oxygen atoms in total. The van der Waals surface area contributed by atoms with Gasteiger partial charge in [-0.05, 0) is 18.2 Å². The Morgan fingerprint density at radius 2 is 2.04 bits per heavy atom. The van der Waals surface area contributed by atoms with E-state index in [9.17, 15) is 14.9 Å². The van der Waals surface area contributed by atoms with Gasteiger partial charge in [0.2, 0.25) is 0 Å². The van der Waals surface area contributed by atoms with E-state index in [0.29, 0.717) is 17.1 Å². The van der Waals surface area contributed by atoms with Crippen molar-refractivity contribution in [2.24, 2.45) is 0 Å². The minimum absolute atomic E-state index is 0.0157. The van der Waals surface area contributed by atoms with Crippen molar-refractivity contribution in [2.75, 3.05) is 7.11 Å². The number of nitro groups is 1. The highest BCUT2D eigenvalue weighted by molar-refractivity contribution is 5.48. The van der Waals surface area contributed by atoms with E-state index in [2.05, 4.69) is 4.98 Å². The molecule has 0 N–H and O–H groups in total. The Morgan fingerprint density at radius 1 is 1.21 bits per heavy atom. The van der Waals surface area contributed by atoms with Crippen LogP contribution in [0.25, 0.3) is 5.65 Å². The third-order valence-corrected chi connectivity index (χ3v) is 3.36. The van der Waals surface area contributed by atoms with E-state index in [1.165, 1.54) is 35.8 Å². The maximum atomic E-state index is 12.0. The van der Waals surface area contributed by atoms with Crippen molar-refractivity contribution in [3.63, 3.8) is 0 Å². The summed E-state index contributed by atoms with van der Waals surface area (Å²) in [5.74, 6) is 0.569. The number of nitro benzene ring substituents is 1. The van der Waals surface area contributed by atoms with Crippen LogP contribution in [0.5, 0.6) is 11.5 Å².